The van der Waals surface area contributed by atoms with Gasteiger partial charge < -0.3 is 5.32 Å². The number of benzene rings is 3. The number of fused-ring (bicyclic) bond motifs is 1. The van der Waals surface area contributed by atoms with Crippen molar-refractivity contribution in [2.45, 2.75) is 5.16 Å². The van der Waals surface area contributed by atoms with Crippen LogP contribution in [0.1, 0.15) is 0 Å². The van der Waals surface area contributed by atoms with E-state index in [2.05, 4.69) is 10.3 Å². The van der Waals surface area contributed by atoms with Gasteiger partial charge in [0, 0.05) is 0 Å². The number of amides is 1. The van der Waals surface area contributed by atoms with Crippen molar-refractivity contribution in [1.29, 1.82) is 0 Å². The number of aromatic nitrogens is 2. The van der Waals surface area contributed by atoms with Gasteiger partial charge in [0.05, 0.1) is 27.4 Å². The van der Waals surface area contributed by atoms with E-state index in [0.717, 1.165) is 30.0 Å². The fourth-order valence-corrected chi connectivity index (χ4v) is 3.97. The number of anilines is 1. The number of nitrogens with one attached hydrogen (secondary N) is 1. The third-order valence-electron chi connectivity index (χ3n) is 4.47. The summed E-state index contributed by atoms with van der Waals surface area (Å²) in [5.74, 6) is -3.48. The number of nitrogens with zero attached hydrogens (tertiary/aromatic N) is 2. The van der Waals surface area contributed by atoms with Crippen LogP contribution in [0.5, 0.6) is 0 Å². The molecule has 0 fully saturated rings. The highest BCUT2D eigenvalue weighted by Gasteiger charge is 2.17. The molecule has 0 aliphatic heterocycles. The van der Waals surface area contributed by atoms with Gasteiger partial charge in [-0.25, -0.2) is 18.2 Å². The predicted octanol–water partition coefficient (Wildman–Crippen LogP) is 5.19. The molecule has 0 spiro atoms. The second-order valence-corrected chi connectivity index (χ2v) is 7.93. The van der Waals surface area contributed by atoms with Crippen LogP contribution in [0.25, 0.3) is 16.6 Å². The molecule has 32 heavy (non-hydrogen) atoms. The van der Waals surface area contributed by atoms with Crippen LogP contribution >= 0.6 is 23.4 Å². The van der Waals surface area contributed by atoms with Crippen LogP contribution in [0, 0.1) is 17.5 Å². The fraction of sp³-hybridized carbons (Fsp3) is 0.0455. The number of rotatable bonds is 5. The second-order valence-electron chi connectivity index (χ2n) is 6.58. The first-order valence-corrected chi connectivity index (χ1v) is 10.6. The lowest BCUT2D eigenvalue weighted by molar-refractivity contribution is -0.113. The van der Waals surface area contributed by atoms with Gasteiger partial charge in [-0.3, -0.25) is 14.2 Å². The number of hydrogen-bond donors (Lipinski definition) is 1. The number of carbonyl (C=O) groups is 1. The molecule has 0 atom stereocenters. The number of thioether (sulfide) groups is 1. The summed E-state index contributed by atoms with van der Waals surface area (Å²) in [4.78, 5) is 29.9. The van der Waals surface area contributed by atoms with Crippen LogP contribution in [0.15, 0.2) is 70.6 Å². The molecule has 1 N–H and O–H groups in total. The van der Waals surface area contributed by atoms with Crippen molar-refractivity contribution in [3.05, 3.63) is 93.5 Å². The number of carbonyl (C=O) groups excluding carboxylic acids is 1. The molecule has 0 radical (unpaired) electrons. The third-order valence-corrected chi connectivity index (χ3v) is 5.69. The molecule has 0 saturated carbocycles. The Kier molecular flexibility index (Phi) is 6.20. The lowest BCUT2D eigenvalue weighted by atomic mass is 10.2. The standard InChI is InChI=1S/C22H13ClF3N3O2S/c23-14-10-12(8-9-15(14)24)29-21(31)13-4-1-2-7-18(13)27-22(29)32-11-19(30)28-20-16(25)5-3-6-17(20)26/h1-10H,11H2,(H,28,30). The summed E-state index contributed by atoms with van der Waals surface area (Å²) in [6.07, 6.45) is 0. The van der Waals surface area contributed by atoms with Crippen LogP contribution in [-0.4, -0.2) is 21.2 Å². The van der Waals surface area contributed by atoms with Gasteiger partial charge in [-0.05, 0) is 42.5 Å². The van der Waals surface area contributed by atoms with E-state index in [4.69, 9.17) is 11.6 Å². The summed E-state index contributed by atoms with van der Waals surface area (Å²) in [7, 11) is 0. The summed E-state index contributed by atoms with van der Waals surface area (Å²) < 4.78 is 42.4. The molecule has 0 aliphatic carbocycles. The molecular formula is C22H13ClF3N3O2S. The number of halogens is 4. The third kappa shape index (κ3) is 4.35. The van der Waals surface area contributed by atoms with Crippen LogP contribution in [-0.2, 0) is 4.79 Å². The van der Waals surface area contributed by atoms with Crippen molar-refractivity contribution in [3.8, 4) is 5.69 Å². The SMILES string of the molecule is O=C(CSc1nc2ccccc2c(=O)n1-c1ccc(F)c(Cl)c1)Nc1c(F)cccc1F. The molecule has 4 aromatic rings. The lowest BCUT2D eigenvalue weighted by Gasteiger charge is -2.14. The van der Waals surface area contributed by atoms with E-state index < -0.39 is 34.6 Å². The second kappa shape index (κ2) is 9.05. The Labute approximate surface area is 188 Å². The van der Waals surface area contributed by atoms with E-state index in [-0.39, 0.29) is 21.6 Å². The van der Waals surface area contributed by atoms with Crippen molar-refractivity contribution in [3.63, 3.8) is 0 Å². The molecule has 10 heteroatoms. The summed E-state index contributed by atoms with van der Waals surface area (Å²) >= 11 is 6.76. The van der Waals surface area contributed by atoms with E-state index in [9.17, 15) is 22.8 Å². The molecule has 4 rings (SSSR count). The van der Waals surface area contributed by atoms with Gasteiger partial charge in [-0.15, -0.1) is 0 Å². The minimum absolute atomic E-state index is 0.125. The van der Waals surface area contributed by atoms with Gasteiger partial charge in [-0.1, -0.05) is 41.6 Å². The molecule has 0 aliphatic rings. The van der Waals surface area contributed by atoms with Gasteiger partial charge >= 0.3 is 0 Å². The van der Waals surface area contributed by atoms with Crippen molar-refractivity contribution in [2.75, 3.05) is 11.1 Å². The van der Waals surface area contributed by atoms with Crippen molar-refractivity contribution >= 4 is 45.9 Å². The molecule has 0 bridgehead atoms. The lowest BCUT2D eigenvalue weighted by Crippen LogP contribution is -2.23. The Morgan fingerprint density at radius 1 is 1.00 bits per heavy atom. The average molecular weight is 476 g/mol. The monoisotopic (exact) mass is 475 g/mol. The van der Waals surface area contributed by atoms with E-state index >= 15 is 0 Å². The van der Waals surface area contributed by atoms with Gasteiger partial charge in [0.1, 0.15) is 23.1 Å². The Bertz CT molecular complexity index is 1390. The fourth-order valence-electron chi connectivity index (χ4n) is 2.98. The van der Waals surface area contributed by atoms with Crippen LogP contribution in [0.4, 0.5) is 18.9 Å². The molecule has 162 valence electrons. The minimum atomic E-state index is -0.912. The zero-order valence-electron chi connectivity index (χ0n) is 16.1. The maximum atomic E-state index is 13.8. The molecule has 5 nitrogen and oxygen atoms in total. The average Bonchev–Trinajstić information content (AvgIpc) is 2.77. The van der Waals surface area contributed by atoms with E-state index in [1.807, 2.05) is 0 Å². The van der Waals surface area contributed by atoms with Gasteiger partial charge in [0.2, 0.25) is 5.91 Å². The molecular weight excluding hydrogens is 463 g/mol. The zero-order chi connectivity index (χ0) is 22.8. The molecule has 0 unspecified atom stereocenters. The Morgan fingerprint density at radius 3 is 2.44 bits per heavy atom. The summed E-state index contributed by atoms with van der Waals surface area (Å²) in [6.45, 7) is 0. The predicted molar refractivity (Wildman–Crippen MR) is 118 cm³/mol. The maximum absolute atomic E-state index is 13.8. The molecule has 1 heterocycles. The maximum Gasteiger partial charge on any atom is 0.266 e. The van der Waals surface area contributed by atoms with Crippen LogP contribution < -0.4 is 10.9 Å². The quantitative estimate of drug-likeness (QED) is 0.319. The molecule has 1 aromatic heterocycles. The molecule has 1 amide bonds. The summed E-state index contributed by atoms with van der Waals surface area (Å²) in [5.41, 5.74) is -0.360. The minimum Gasteiger partial charge on any atom is -0.320 e. The van der Waals surface area contributed by atoms with Crippen LogP contribution in [0.2, 0.25) is 5.02 Å². The van der Waals surface area contributed by atoms with E-state index in [1.54, 1.807) is 24.3 Å². The highest BCUT2D eigenvalue weighted by molar-refractivity contribution is 7.99. The van der Waals surface area contributed by atoms with Gasteiger partial charge in [0.25, 0.3) is 5.56 Å². The van der Waals surface area contributed by atoms with E-state index in [0.29, 0.717) is 10.9 Å². The Hall–Kier alpha value is -3.30. The normalized spacial score (nSPS) is 11.0. The highest BCUT2D eigenvalue weighted by atomic mass is 35.5. The van der Waals surface area contributed by atoms with E-state index in [1.165, 1.54) is 22.8 Å². The summed E-state index contributed by atoms with van der Waals surface area (Å²) in [6, 6.07) is 13.6. The van der Waals surface area contributed by atoms with Crippen molar-refractivity contribution in [1.82, 2.24) is 9.55 Å². The van der Waals surface area contributed by atoms with Crippen molar-refractivity contribution < 1.29 is 18.0 Å². The van der Waals surface area contributed by atoms with Crippen molar-refractivity contribution in [2.24, 2.45) is 0 Å². The number of para-hydroxylation sites is 2. The zero-order valence-corrected chi connectivity index (χ0v) is 17.7. The first kappa shape index (κ1) is 21.9. The molecule has 0 saturated heterocycles. The largest absolute Gasteiger partial charge is 0.320 e. The summed E-state index contributed by atoms with van der Waals surface area (Å²) in [5, 5.41) is 2.43. The topological polar surface area (TPSA) is 64.0 Å². The highest BCUT2D eigenvalue weighted by Crippen LogP contribution is 2.25. The van der Waals surface area contributed by atoms with Gasteiger partial charge in [-0.2, -0.15) is 0 Å². The molecule has 3 aromatic carbocycles. The Morgan fingerprint density at radius 2 is 1.72 bits per heavy atom. The van der Waals surface area contributed by atoms with Gasteiger partial charge in [0.15, 0.2) is 5.16 Å². The first-order chi connectivity index (χ1) is 15.3. The Balaban J connectivity index is 1.70. The smallest absolute Gasteiger partial charge is 0.266 e. The number of hydrogen-bond acceptors (Lipinski definition) is 4. The first-order valence-electron chi connectivity index (χ1n) is 9.19. The van der Waals surface area contributed by atoms with Crippen LogP contribution in [0.3, 0.4) is 0 Å².